The van der Waals surface area contributed by atoms with Gasteiger partial charge >= 0.3 is 0 Å². The Balaban J connectivity index is 1.82. The molecule has 1 aromatic carbocycles. The third-order valence-corrected chi connectivity index (χ3v) is 4.17. The maximum absolute atomic E-state index is 9.54. The number of benzene rings is 1. The minimum atomic E-state index is 0.362. The molecule has 0 radical (unpaired) electrons. The van der Waals surface area contributed by atoms with Crippen LogP contribution in [0.2, 0.25) is 0 Å². The van der Waals surface area contributed by atoms with Crippen LogP contribution in [0.1, 0.15) is 37.7 Å². The Kier molecular flexibility index (Phi) is 3.37. The number of hydrogen-bond donors (Lipinski definition) is 1. The summed E-state index contributed by atoms with van der Waals surface area (Å²) < 4.78 is 0. The summed E-state index contributed by atoms with van der Waals surface area (Å²) >= 11 is 0. The molecule has 2 heteroatoms. The molecule has 2 fully saturated rings. The summed E-state index contributed by atoms with van der Waals surface area (Å²) in [6.45, 7) is 2.53. The Morgan fingerprint density at radius 3 is 2.78 bits per heavy atom. The Bertz CT molecular complexity index is 448. The van der Waals surface area contributed by atoms with Gasteiger partial charge in [0.25, 0.3) is 0 Å². The highest BCUT2D eigenvalue weighted by molar-refractivity contribution is 5.56. The Morgan fingerprint density at radius 1 is 1.17 bits per heavy atom. The van der Waals surface area contributed by atoms with Crippen LogP contribution >= 0.6 is 0 Å². The van der Waals surface area contributed by atoms with Gasteiger partial charge in [0.2, 0.25) is 0 Å². The minimum absolute atomic E-state index is 0.362. The molecule has 0 spiro atoms. The first kappa shape index (κ1) is 11.8. The van der Waals surface area contributed by atoms with Crippen molar-refractivity contribution in [3.63, 3.8) is 0 Å². The van der Waals surface area contributed by atoms with Gasteiger partial charge in [-0.2, -0.15) is 0 Å². The van der Waals surface area contributed by atoms with E-state index in [0.29, 0.717) is 11.8 Å². The van der Waals surface area contributed by atoms with Gasteiger partial charge in [0, 0.05) is 6.04 Å². The molecule has 2 aliphatic rings. The third-order valence-electron chi connectivity index (χ3n) is 4.17. The molecule has 1 saturated carbocycles. The van der Waals surface area contributed by atoms with Crippen LogP contribution < -0.4 is 0 Å². The van der Waals surface area contributed by atoms with E-state index in [0.717, 1.165) is 5.56 Å². The van der Waals surface area contributed by atoms with E-state index in [4.69, 9.17) is 0 Å². The van der Waals surface area contributed by atoms with Crippen LogP contribution in [0.15, 0.2) is 29.8 Å². The number of likely N-dealkylation sites (tertiary alicyclic amines) is 1. The van der Waals surface area contributed by atoms with Gasteiger partial charge in [-0.25, -0.2) is 0 Å². The van der Waals surface area contributed by atoms with Crippen molar-refractivity contribution in [2.75, 3.05) is 13.1 Å². The molecular formula is C16H21NO. The molecular weight excluding hydrogens is 222 g/mol. The monoisotopic (exact) mass is 243 g/mol. The fourth-order valence-electron chi connectivity index (χ4n) is 3.09. The topological polar surface area (TPSA) is 23.5 Å². The van der Waals surface area contributed by atoms with E-state index in [1.54, 1.807) is 11.6 Å². The summed E-state index contributed by atoms with van der Waals surface area (Å²) in [6, 6.07) is 8.25. The quantitative estimate of drug-likeness (QED) is 0.860. The van der Waals surface area contributed by atoms with Crippen LogP contribution in [0, 0.1) is 0 Å². The highest BCUT2D eigenvalue weighted by Crippen LogP contribution is 2.32. The fourth-order valence-corrected chi connectivity index (χ4v) is 3.09. The maximum atomic E-state index is 9.54. The molecule has 1 aliphatic carbocycles. The second kappa shape index (κ2) is 5.15. The van der Waals surface area contributed by atoms with Gasteiger partial charge in [0.15, 0.2) is 0 Å². The molecule has 0 bridgehead atoms. The Hall–Kier alpha value is -1.28. The SMILES string of the molecule is Oc1cccc(C=C2CCCCC2N2CCC2)c1. The van der Waals surface area contributed by atoms with E-state index < -0.39 is 0 Å². The number of phenolic OH excluding ortho intramolecular Hbond substituents is 1. The lowest BCUT2D eigenvalue weighted by molar-refractivity contribution is 0.121. The molecule has 96 valence electrons. The van der Waals surface area contributed by atoms with Crippen molar-refractivity contribution in [1.82, 2.24) is 4.90 Å². The van der Waals surface area contributed by atoms with Gasteiger partial charge in [-0.1, -0.05) is 30.2 Å². The van der Waals surface area contributed by atoms with Crippen LogP contribution in [-0.4, -0.2) is 29.1 Å². The molecule has 0 aromatic heterocycles. The summed E-state index contributed by atoms with van der Waals surface area (Å²) in [6.07, 6.45) is 8.85. The molecule has 1 saturated heterocycles. The van der Waals surface area contributed by atoms with Crippen LogP contribution in [0.25, 0.3) is 6.08 Å². The fraction of sp³-hybridized carbons (Fsp3) is 0.500. The average molecular weight is 243 g/mol. The smallest absolute Gasteiger partial charge is 0.116 e. The van der Waals surface area contributed by atoms with E-state index in [9.17, 15) is 5.11 Å². The van der Waals surface area contributed by atoms with Crippen molar-refractivity contribution in [3.05, 3.63) is 35.4 Å². The Morgan fingerprint density at radius 2 is 2.06 bits per heavy atom. The lowest BCUT2D eigenvalue weighted by Gasteiger charge is -2.42. The summed E-state index contributed by atoms with van der Waals surface area (Å²) in [7, 11) is 0. The molecule has 0 amide bonds. The van der Waals surface area contributed by atoms with Crippen LogP contribution in [0.4, 0.5) is 0 Å². The standard InChI is InChI=1S/C16H21NO/c18-15-7-3-5-13(12-15)11-14-6-1-2-8-16(14)17-9-4-10-17/h3,5,7,11-12,16,18H,1-2,4,6,8-10H2. The number of aromatic hydroxyl groups is 1. The molecule has 1 unspecified atom stereocenters. The lowest BCUT2D eigenvalue weighted by atomic mass is 9.86. The predicted molar refractivity (Wildman–Crippen MR) is 74.5 cm³/mol. The summed E-state index contributed by atoms with van der Waals surface area (Å²) in [5, 5.41) is 9.54. The number of nitrogens with zero attached hydrogens (tertiary/aromatic N) is 1. The summed E-state index contributed by atoms with van der Waals surface area (Å²) in [5.41, 5.74) is 2.70. The zero-order chi connectivity index (χ0) is 12.4. The average Bonchev–Trinajstić information content (AvgIpc) is 2.29. The largest absolute Gasteiger partial charge is 0.508 e. The molecule has 2 nitrogen and oxygen atoms in total. The van der Waals surface area contributed by atoms with E-state index >= 15 is 0 Å². The van der Waals surface area contributed by atoms with Gasteiger partial charge in [-0.05, 0) is 56.5 Å². The highest BCUT2D eigenvalue weighted by atomic mass is 16.3. The van der Waals surface area contributed by atoms with Crippen molar-refractivity contribution >= 4 is 6.08 Å². The first-order chi connectivity index (χ1) is 8.83. The van der Waals surface area contributed by atoms with Gasteiger partial charge in [0.1, 0.15) is 5.75 Å². The molecule has 3 rings (SSSR count). The third kappa shape index (κ3) is 2.44. The first-order valence-corrected chi connectivity index (χ1v) is 7.06. The van der Waals surface area contributed by atoms with Gasteiger partial charge in [-0.3, -0.25) is 4.90 Å². The molecule has 1 aromatic rings. The van der Waals surface area contributed by atoms with Crippen molar-refractivity contribution in [2.45, 2.75) is 38.1 Å². The molecule has 1 aliphatic heterocycles. The van der Waals surface area contributed by atoms with Gasteiger partial charge < -0.3 is 5.11 Å². The number of rotatable bonds is 2. The normalized spacial score (nSPS) is 27.1. The molecule has 18 heavy (non-hydrogen) atoms. The second-order valence-corrected chi connectivity index (χ2v) is 5.47. The summed E-state index contributed by atoms with van der Waals surface area (Å²) in [4.78, 5) is 2.60. The van der Waals surface area contributed by atoms with Crippen LogP contribution in [0.3, 0.4) is 0 Å². The first-order valence-electron chi connectivity index (χ1n) is 7.06. The molecule has 1 heterocycles. The minimum Gasteiger partial charge on any atom is -0.508 e. The molecule has 1 N–H and O–H groups in total. The highest BCUT2D eigenvalue weighted by Gasteiger charge is 2.28. The number of hydrogen-bond acceptors (Lipinski definition) is 2. The number of phenols is 1. The van der Waals surface area contributed by atoms with Crippen molar-refractivity contribution < 1.29 is 5.11 Å². The van der Waals surface area contributed by atoms with Gasteiger partial charge in [0.05, 0.1) is 0 Å². The Labute approximate surface area is 109 Å². The van der Waals surface area contributed by atoms with Crippen LogP contribution in [-0.2, 0) is 0 Å². The van der Waals surface area contributed by atoms with E-state index in [1.807, 2.05) is 12.1 Å². The van der Waals surface area contributed by atoms with E-state index in [2.05, 4.69) is 17.0 Å². The van der Waals surface area contributed by atoms with Crippen molar-refractivity contribution in [1.29, 1.82) is 0 Å². The maximum Gasteiger partial charge on any atom is 0.116 e. The molecule has 1 atom stereocenters. The van der Waals surface area contributed by atoms with Crippen molar-refractivity contribution in [2.24, 2.45) is 0 Å². The second-order valence-electron chi connectivity index (χ2n) is 5.47. The zero-order valence-electron chi connectivity index (χ0n) is 10.8. The van der Waals surface area contributed by atoms with Crippen molar-refractivity contribution in [3.8, 4) is 5.75 Å². The lowest BCUT2D eigenvalue weighted by Crippen LogP contribution is -2.46. The van der Waals surface area contributed by atoms with Crippen LogP contribution in [0.5, 0.6) is 5.75 Å². The van der Waals surface area contributed by atoms with Gasteiger partial charge in [-0.15, -0.1) is 0 Å². The summed E-state index contributed by atoms with van der Waals surface area (Å²) in [5.74, 6) is 0.362. The predicted octanol–water partition coefficient (Wildman–Crippen LogP) is 3.42. The van der Waals surface area contributed by atoms with E-state index in [1.165, 1.54) is 45.2 Å². The zero-order valence-corrected chi connectivity index (χ0v) is 10.8. The van der Waals surface area contributed by atoms with E-state index in [-0.39, 0.29) is 0 Å².